The molecule has 3 heteroatoms. The lowest BCUT2D eigenvalue weighted by Gasteiger charge is -2.29. The summed E-state index contributed by atoms with van der Waals surface area (Å²) in [6, 6.07) is 0.409. The van der Waals surface area contributed by atoms with Crippen molar-refractivity contribution in [1.29, 1.82) is 0 Å². The zero-order chi connectivity index (χ0) is 11.3. The SMILES string of the molecule is CCC(C)C(C)NC(=O)N1CCCCC1. The molecule has 2 unspecified atom stereocenters. The second-order valence-corrected chi connectivity index (χ2v) is 4.67. The van der Waals surface area contributed by atoms with Gasteiger partial charge in [-0.05, 0) is 32.1 Å². The van der Waals surface area contributed by atoms with E-state index in [1.165, 1.54) is 6.42 Å². The second kappa shape index (κ2) is 5.99. The normalized spacial score (nSPS) is 20.9. The van der Waals surface area contributed by atoms with Crippen molar-refractivity contribution < 1.29 is 4.79 Å². The predicted molar refractivity (Wildman–Crippen MR) is 62.9 cm³/mol. The molecule has 0 saturated carbocycles. The molecule has 2 atom stereocenters. The van der Waals surface area contributed by atoms with E-state index < -0.39 is 0 Å². The standard InChI is InChI=1S/C12H24N2O/c1-4-10(2)11(3)13-12(15)14-8-6-5-7-9-14/h10-11H,4-9H2,1-3H3,(H,13,15). The lowest BCUT2D eigenvalue weighted by Crippen LogP contribution is -2.47. The molecule has 1 saturated heterocycles. The highest BCUT2D eigenvalue weighted by molar-refractivity contribution is 5.74. The number of nitrogens with zero attached hydrogens (tertiary/aromatic N) is 1. The summed E-state index contributed by atoms with van der Waals surface area (Å²) >= 11 is 0. The maximum absolute atomic E-state index is 11.8. The van der Waals surface area contributed by atoms with Crippen LogP contribution >= 0.6 is 0 Å². The minimum absolute atomic E-state index is 0.127. The predicted octanol–water partition coefficient (Wildman–Crippen LogP) is 2.62. The van der Waals surface area contributed by atoms with Crippen molar-refractivity contribution in [1.82, 2.24) is 10.2 Å². The minimum atomic E-state index is 0.127. The summed E-state index contributed by atoms with van der Waals surface area (Å²) in [7, 11) is 0. The molecule has 0 spiro atoms. The monoisotopic (exact) mass is 212 g/mol. The van der Waals surface area contributed by atoms with E-state index in [0.29, 0.717) is 5.92 Å². The summed E-state index contributed by atoms with van der Waals surface area (Å²) in [5, 5.41) is 3.09. The van der Waals surface area contributed by atoms with Crippen LogP contribution in [0.3, 0.4) is 0 Å². The molecule has 88 valence electrons. The third-order valence-corrected chi connectivity index (χ3v) is 3.49. The Morgan fingerprint density at radius 1 is 1.27 bits per heavy atom. The number of carbonyl (C=O) groups is 1. The molecule has 0 aromatic carbocycles. The Morgan fingerprint density at radius 2 is 1.87 bits per heavy atom. The van der Waals surface area contributed by atoms with Gasteiger partial charge in [0.25, 0.3) is 0 Å². The largest absolute Gasteiger partial charge is 0.335 e. The van der Waals surface area contributed by atoms with Gasteiger partial charge >= 0.3 is 6.03 Å². The van der Waals surface area contributed by atoms with E-state index in [-0.39, 0.29) is 12.1 Å². The van der Waals surface area contributed by atoms with Crippen LogP contribution in [0.1, 0.15) is 46.5 Å². The summed E-state index contributed by atoms with van der Waals surface area (Å²) < 4.78 is 0. The van der Waals surface area contributed by atoms with Gasteiger partial charge in [-0.1, -0.05) is 20.3 Å². The van der Waals surface area contributed by atoms with Crippen LogP contribution in [-0.2, 0) is 0 Å². The molecule has 15 heavy (non-hydrogen) atoms. The average molecular weight is 212 g/mol. The summed E-state index contributed by atoms with van der Waals surface area (Å²) in [5.41, 5.74) is 0. The van der Waals surface area contributed by atoms with Crippen LogP contribution in [0.4, 0.5) is 4.79 Å². The number of carbonyl (C=O) groups excluding carboxylic acids is 1. The zero-order valence-corrected chi connectivity index (χ0v) is 10.3. The smallest absolute Gasteiger partial charge is 0.317 e. The van der Waals surface area contributed by atoms with Crippen molar-refractivity contribution >= 4 is 6.03 Å². The Hall–Kier alpha value is -0.730. The van der Waals surface area contributed by atoms with Gasteiger partial charge in [0.15, 0.2) is 0 Å². The molecule has 3 nitrogen and oxygen atoms in total. The van der Waals surface area contributed by atoms with Crippen LogP contribution in [0.25, 0.3) is 0 Å². The summed E-state index contributed by atoms with van der Waals surface area (Å²) in [5.74, 6) is 0.554. The van der Waals surface area contributed by atoms with Crippen LogP contribution in [-0.4, -0.2) is 30.1 Å². The van der Waals surface area contributed by atoms with Gasteiger partial charge in [0.1, 0.15) is 0 Å². The number of likely N-dealkylation sites (tertiary alicyclic amines) is 1. The van der Waals surface area contributed by atoms with E-state index in [0.717, 1.165) is 32.4 Å². The third-order valence-electron chi connectivity index (χ3n) is 3.49. The number of amides is 2. The molecular weight excluding hydrogens is 188 g/mol. The van der Waals surface area contributed by atoms with Crippen molar-refractivity contribution in [2.45, 2.75) is 52.5 Å². The van der Waals surface area contributed by atoms with E-state index in [9.17, 15) is 4.79 Å². The van der Waals surface area contributed by atoms with E-state index >= 15 is 0 Å². The van der Waals surface area contributed by atoms with Gasteiger partial charge in [-0.15, -0.1) is 0 Å². The number of rotatable bonds is 3. The van der Waals surface area contributed by atoms with E-state index in [4.69, 9.17) is 0 Å². The van der Waals surface area contributed by atoms with E-state index in [1.807, 2.05) is 4.90 Å². The zero-order valence-electron chi connectivity index (χ0n) is 10.3. The molecule has 1 rings (SSSR count). The average Bonchev–Trinajstić information content (AvgIpc) is 2.29. The molecule has 0 aliphatic carbocycles. The lowest BCUT2D eigenvalue weighted by atomic mass is 10.0. The Morgan fingerprint density at radius 3 is 2.40 bits per heavy atom. The molecule has 2 amide bonds. The lowest BCUT2D eigenvalue weighted by molar-refractivity contribution is 0.179. The van der Waals surface area contributed by atoms with E-state index in [1.54, 1.807) is 0 Å². The van der Waals surface area contributed by atoms with Crippen LogP contribution in [0, 0.1) is 5.92 Å². The first-order chi connectivity index (χ1) is 7.15. The number of urea groups is 1. The fourth-order valence-corrected chi connectivity index (χ4v) is 1.88. The fraction of sp³-hybridized carbons (Fsp3) is 0.917. The Bertz CT molecular complexity index is 200. The first-order valence-corrected chi connectivity index (χ1v) is 6.20. The Balaban J connectivity index is 2.33. The third kappa shape index (κ3) is 3.73. The fourth-order valence-electron chi connectivity index (χ4n) is 1.88. The first-order valence-electron chi connectivity index (χ1n) is 6.20. The van der Waals surface area contributed by atoms with Gasteiger partial charge < -0.3 is 10.2 Å². The van der Waals surface area contributed by atoms with Crippen molar-refractivity contribution in [3.63, 3.8) is 0 Å². The second-order valence-electron chi connectivity index (χ2n) is 4.67. The van der Waals surface area contributed by atoms with Crippen LogP contribution in [0.5, 0.6) is 0 Å². The molecule has 1 N–H and O–H groups in total. The quantitative estimate of drug-likeness (QED) is 0.766. The molecule has 0 bridgehead atoms. The number of nitrogens with one attached hydrogen (secondary N) is 1. The van der Waals surface area contributed by atoms with Crippen LogP contribution < -0.4 is 5.32 Å². The van der Waals surface area contributed by atoms with Gasteiger partial charge in [0.05, 0.1) is 0 Å². The van der Waals surface area contributed by atoms with Crippen molar-refractivity contribution in [3.8, 4) is 0 Å². The molecule has 0 aromatic heterocycles. The number of piperidine rings is 1. The summed E-state index contributed by atoms with van der Waals surface area (Å²) in [6.07, 6.45) is 4.70. The van der Waals surface area contributed by atoms with Crippen molar-refractivity contribution in [2.75, 3.05) is 13.1 Å². The first kappa shape index (κ1) is 12.3. The van der Waals surface area contributed by atoms with Gasteiger partial charge in [-0.25, -0.2) is 4.79 Å². The minimum Gasteiger partial charge on any atom is -0.335 e. The molecule has 0 radical (unpaired) electrons. The molecule has 1 fully saturated rings. The maximum atomic E-state index is 11.8. The van der Waals surface area contributed by atoms with Gasteiger partial charge in [0, 0.05) is 19.1 Å². The highest BCUT2D eigenvalue weighted by Gasteiger charge is 2.19. The Kier molecular flexibility index (Phi) is 4.92. The van der Waals surface area contributed by atoms with Gasteiger partial charge in [0.2, 0.25) is 0 Å². The van der Waals surface area contributed by atoms with Crippen molar-refractivity contribution in [3.05, 3.63) is 0 Å². The molecule has 0 aromatic rings. The van der Waals surface area contributed by atoms with Gasteiger partial charge in [-0.3, -0.25) is 0 Å². The number of hydrogen-bond acceptors (Lipinski definition) is 1. The van der Waals surface area contributed by atoms with Crippen molar-refractivity contribution in [2.24, 2.45) is 5.92 Å². The van der Waals surface area contributed by atoms with Gasteiger partial charge in [-0.2, -0.15) is 0 Å². The molecular formula is C12H24N2O. The summed E-state index contributed by atoms with van der Waals surface area (Å²) in [4.78, 5) is 13.8. The number of hydrogen-bond donors (Lipinski definition) is 1. The topological polar surface area (TPSA) is 32.3 Å². The molecule has 1 aliphatic heterocycles. The highest BCUT2D eigenvalue weighted by atomic mass is 16.2. The summed E-state index contributed by atoms with van der Waals surface area (Å²) in [6.45, 7) is 8.30. The van der Waals surface area contributed by atoms with Crippen LogP contribution in [0.2, 0.25) is 0 Å². The molecule has 1 heterocycles. The molecule has 1 aliphatic rings. The Labute approximate surface area is 93.2 Å². The van der Waals surface area contributed by atoms with E-state index in [2.05, 4.69) is 26.1 Å². The maximum Gasteiger partial charge on any atom is 0.317 e. The van der Waals surface area contributed by atoms with Crippen LogP contribution in [0.15, 0.2) is 0 Å². The highest BCUT2D eigenvalue weighted by Crippen LogP contribution is 2.11.